The Morgan fingerprint density at radius 2 is 1.81 bits per heavy atom. The van der Waals surface area contributed by atoms with Gasteiger partial charge in [0.15, 0.2) is 9.84 Å². The number of carbonyl (C=O) groups is 2. The molecular formula is C14H19NO5S. The standard InChI is InChI=1S/C14H19NO5S/c1-2-9-15-13(16)10-21(19,20)12-6-3-11(4-7-12)5-8-14(17)18/h3-4,6-7H,2,5,8-10H2,1H3,(H,15,16)(H,17,18). The zero-order valence-corrected chi connectivity index (χ0v) is 12.6. The Morgan fingerprint density at radius 3 is 2.33 bits per heavy atom. The smallest absolute Gasteiger partial charge is 0.303 e. The molecule has 1 aromatic carbocycles. The van der Waals surface area contributed by atoms with Crippen molar-refractivity contribution < 1.29 is 23.1 Å². The van der Waals surface area contributed by atoms with Crippen molar-refractivity contribution in [2.24, 2.45) is 0 Å². The van der Waals surface area contributed by atoms with Gasteiger partial charge < -0.3 is 10.4 Å². The molecule has 0 saturated carbocycles. The molecule has 1 rings (SSSR count). The molecule has 0 fully saturated rings. The van der Waals surface area contributed by atoms with E-state index < -0.39 is 27.5 Å². The van der Waals surface area contributed by atoms with Crippen molar-refractivity contribution in [2.75, 3.05) is 12.3 Å². The van der Waals surface area contributed by atoms with Crippen molar-refractivity contribution >= 4 is 21.7 Å². The highest BCUT2D eigenvalue weighted by atomic mass is 32.2. The minimum absolute atomic E-state index is 0.00841. The lowest BCUT2D eigenvalue weighted by Gasteiger charge is -2.06. The summed E-state index contributed by atoms with van der Waals surface area (Å²) in [6, 6.07) is 5.94. The molecular weight excluding hydrogens is 294 g/mol. The number of carbonyl (C=O) groups excluding carboxylic acids is 1. The normalized spacial score (nSPS) is 11.1. The van der Waals surface area contributed by atoms with Crippen LogP contribution in [0.3, 0.4) is 0 Å². The molecule has 0 radical (unpaired) electrons. The topological polar surface area (TPSA) is 101 Å². The van der Waals surface area contributed by atoms with E-state index in [-0.39, 0.29) is 11.3 Å². The maximum atomic E-state index is 12.0. The Balaban J connectivity index is 2.71. The fraction of sp³-hybridized carbons (Fsp3) is 0.429. The van der Waals surface area contributed by atoms with Crippen LogP contribution in [0.1, 0.15) is 25.3 Å². The quantitative estimate of drug-likeness (QED) is 0.746. The van der Waals surface area contributed by atoms with Crippen LogP contribution < -0.4 is 5.32 Å². The van der Waals surface area contributed by atoms with Gasteiger partial charge in [-0.25, -0.2) is 8.42 Å². The summed E-state index contributed by atoms with van der Waals surface area (Å²) in [5.41, 5.74) is 0.742. The summed E-state index contributed by atoms with van der Waals surface area (Å²) in [7, 11) is -3.67. The van der Waals surface area contributed by atoms with Gasteiger partial charge in [-0.05, 0) is 30.5 Å². The van der Waals surface area contributed by atoms with Crippen LogP contribution in [0.5, 0.6) is 0 Å². The van der Waals surface area contributed by atoms with Crippen LogP contribution in [0.25, 0.3) is 0 Å². The van der Waals surface area contributed by atoms with E-state index in [4.69, 9.17) is 5.11 Å². The summed E-state index contributed by atoms with van der Waals surface area (Å²) in [5.74, 6) is -2.01. The molecule has 1 amide bonds. The Morgan fingerprint density at radius 1 is 1.19 bits per heavy atom. The average molecular weight is 313 g/mol. The molecule has 0 aliphatic rings. The van der Waals surface area contributed by atoms with E-state index in [1.54, 1.807) is 12.1 Å². The molecule has 0 heterocycles. The van der Waals surface area contributed by atoms with Gasteiger partial charge in [-0.1, -0.05) is 19.1 Å². The predicted octanol–water partition coefficient (Wildman–Crippen LogP) is 1.00. The summed E-state index contributed by atoms with van der Waals surface area (Å²) in [5, 5.41) is 11.1. The number of carboxylic acid groups (broad SMARTS) is 1. The number of hydrogen-bond donors (Lipinski definition) is 2. The molecule has 7 heteroatoms. The van der Waals surface area contributed by atoms with Crippen LogP contribution in [0, 0.1) is 0 Å². The molecule has 0 aliphatic carbocycles. The molecule has 0 aliphatic heterocycles. The molecule has 1 aromatic rings. The molecule has 0 unspecified atom stereocenters. The average Bonchev–Trinajstić information content (AvgIpc) is 2.43. The highest BCUT2D eigenvalue weighted by Gasteiger charge is 2.18. The summed E-state index contributed by atoms with van der Waals surface area (Å²) in [6.45, 7) is 2.33. The Labute approximate surface area is 124 Å². The number of amides is 1. The Hall–Kier alpha value is -1.89. The summed E-state index contributed by atoms with van der Waals surface area (Å²) < 4.78 is 24.1. The maximum Gasteiger partial charge on any atom is 0.303 e. The zero-order valence-electron chi connectivity index (χ0n) is 11.8. The Kier molecular flexibility index (Phi) is 6.36. The van der Waals surface area contributed by atoms with Gasteiger partial charge in [0.2, 0.25) is 5.91 Å². The number of nitrogens with one attached hydrogen (secondary N) is 1. The fourth-order valence-corrected chi connectivity index (χ4v) is 2.85. The van der Waals surface area contributed by atoms with Crippen molar-refractivity contribution in [1.82, 2.24) is 5.32 Å². The number of aryl methyl sites for hydroxylation is 1. The van der Waals surface area contributed by atoms with E-state index in [9.17, 15) is 18.0 Å². The first-order chi connectivity index (χ1) is 9.85. The van der Waals surface area contributed by atoms with Gasteiger partial charge in [-0.2, -0.15) is 0 Å². The second-order valence-electron chi connectivity index (χ2n) is 4.65. The number of benzene rings is 1. The number of rotatable bonds is 8. The van der Waals surface area contributed by atoms with Crippen LogP contribution in [-0.2, 0) is 25.8 Å². The number of hydrogen-bond acceptors (Lipinski definition) is 4. The van der Waals surface area contributed by atoms with E-state index in [2.05, 4.69) is 5.32 Å². The lowest BCUT2D eigenvalue weighted by Crippen LogP contribution is -2.30. The summed E-state index contributed by atoms with van der Waals surface area (Å²) in [4.78, 5) is 22.0. The van der Waals surface area contributed by atoms with E-state index in [0.29, 0.717) is 13.0 Å². The molecule has 6 nitrogen and oxygen atoms in total. The lowest BCUT2D eigenvalue weighted by atomic mass is 10.1. The molecule has 0 aromatic heterocycles. The first-order valence-electron chi connectivity index (χ1n) is 6.65. The molecule has 2 N–H and O–H groups in total. The van der Waals surface area contributed by atoms with Crippen molar-refractivity contribution in [1.29, 1.82) is 0 Å². The first kappa shape index (κ1) is 17.2. The van der Waals surface area contributed by atoms with E-state index in [1.807, 2.05) is 6.92 Å². The lowest BCUT2D eigenvalue weighted by molar-refractivity contribution is -0.137. The molecule has 0 bridgehead atoms. The van der Waals surface area contributed by atoms with E-state index in [0.717, 1.165) is 12.0 Å². The molecule has 116 valence electrons. The van der Waals surface area contributed by atoms with E-state index in [1.165, 1.54) is 12.1 Å². The van der Waals surface area contributed by atoms with Gasteiger partial charge in [-0.3, -0.25) is 9.59 Å². The number of carboxylic acids is 1. The highest BCUT2D eigenvalue weighted by Crippen LogP contribution is 2.13. The third-order valence-corrected chi connectivity index (χ3v) is 4.44. The zero-order chi connectivity index (χ0) is 15.9. The second kappa shape index (κ2) is 7.78. The Bertz CT molecular complexity index is 592. The molecule has 21 heavy (non-hydrogen) atoms. The van der Waals surface area contributed by atoms with Crippen LogP contribution in [0.15, 0.2) is 29.2 Å². The maximum absolute atomic E-state index is 12.0. The number of aliphatic carboxylic acids is 1. The summed E-state index contributed by atoms with van der Waals surface area (Å²) >= 11 is 0. The van der Waals surface area contributed by atoms with Crippen LogP contribution in [0.4, 0.5) is 0 Å². The number of sulfone groups is 1. The van der Waals surface area contributed by atoms with Crippen LogP contribution in [0.2, 0.25) is 0 Å². The van der Waals surface area contributed by atoms with Gasteiger partial charge in [0.1, 0.15) is 5.75 Å². The van der Waals surface area contributed by atoms with Crippen LogP contribution >= 0.6 is 0 Å². The largest absolute Gasteiger partial charge is 0.481 e. The van der Waals surface area contributed by atoms with Gasteiger partial charge in [0.05, 0.1) is 4.90 Å². The molecule has 0 atom stereocenters. The first-order valence-corrected chi connectivity index (χ1v) is 8.30. The van der Waals surface area contributed by atoms with Gasteiger partial charge in [0, 0.05) is 13.0 Å². The summed E-state index contributed by atoms with van der Waals surface area (Å²) in [6.07, 6.45) is 1.07. The molecule has 0 spiro atoms. The monoisotopic (exact) mass is 313 g/mol. The third-order valence-electron chi connectivity index (χ3n) is 2.80. The van der Waals surface area contributed by atoms with Crippen molar-refractivity contribution in [3.8, 4) is 0 Å². The SMILES string of the molecule is CCCNC(=O)CS(=O)(=O)c1ccc(CCC(=O)O)cc1. The van der Waals surface area contributed by atoms with Crippen molar-refractivity contribution in [3.05, 3.63) is 29.8 Å². The third kappa shape index (κ3) is 5.95. The van der Waals surface area contributed by atoms with Crippen molar-refractivity contribution in [3.63, 3.8) is 0 Å². The van der Waals surface area contributed by atoms with Crippen molar-refractivity contribution in [2.45, 2.75) is 31.1 Å². The fourth-order valence-electron chi connectivity index (χ4n) is 1.69. The minimum atomic E-state index is -3.67. The predicted molar refractivity (Wildman–Crippen MR) is 77.8 cm³/mol. The van der Waals surface area contributed by atoms with Gasteiger partial charge in [0.25, 0.3) is 0 Å². The van der Waals surface area contributed by atoms with E-state index >= 15 is 0 Å². The van der Waals surface area contributed by atoms with Gasteiger partial charge >= 0.3 is 5.97 Å². The minimum Gasteiger partial charge on any atom is -0.481 e. The van der Waals surface area contributed by atoms with Crippen LogP contribution in [-0.4, -0.2) is 37.7 Å². The second-order valence-corrected chi connectivity index (χ2v) is 6.64. The highest BCUT2D eigenvalue weighted by molar-refractivity contribution is 7.92. The molecule has 0 saturated heterocycles. The van der Waals surface area contributed by atoms with Gasteiger partial charge in [-0.15, -0.1) is 0 Å².